The summed E-state index contributed by atoms with van der Waals surface area (Å²) in [5.74, 6) is -1.33. The topological polar surface area (TPSA) is 105 Å². The number of phenols is 1. The molecular weight excluding hydrogens is 342 g/mol. The van der Waals surface area contributed by atoms with Crippen LogP contribution in [0.4, 0.5) is 5.69 Å². The first kappa shape index (κ1) is 20.3. The highest BCUT2D eigenvalue weighted by molar-refractivity contribution is 5.75. The molecule has 0 aliphatic carbocycles. The Labute approximate surface area is 159 Å². The molecule has 0 amide bonds. The molecule has 2 aromatic rings. The second-order valence-corrected chi connectivity index (χ2v) is 6.40. The number of phenolic OH excluding ortho intramolecular Hbond substituents is 1. The van der Waals surface area contributed by atoms with Crippen LogP contribution in [0.5, 0.6) is 5.75 Å². The number of nitrogens with zero attached hydrogens (tertiary/aromatic N) is 1. The molecule has 0 spiro atoms. The Morgan fingerprint density at radius 1 is 1.19 bits per heavy atom. The van der Waals surface area contributed by atoms with Crippen molar-refractivity contribution < 1.29 is 15.0 Å². The van der Waals surface area contributed by atoms with Crippen molar-refractivity contribution in [2.75, 3.05) is 25.0 Å². The van der Waals surface area contributed by atoms with E-state index in [1.807, 2.05) is 30.3 Å². The van der Waals surface area contributed by atoms with E-state index in [9.17, 15) is 9.90 Å². The zero-order chi connectivity index (χ0) is 19.6. The fourth-order valence-electron chi connectivity index (χ4n) is 2.73. The summed E-state index contributed by atoms with van der Waals surface area (Å²) in [5, 5.41) is 34.4. The summed E-state index contributed by atoms with van der Waals surface area (Å²) in [4.78, 5) is 11.1. The van der Waals surface area contributed by atoms with Gasteiger partial charge in [-0.3, -0.25) is 4.79 Å². The Kier molecular flexibility index (Phi) is 7.65. The molecule has 0 radical (unpaired) electrons. The van der Waals surface area contributed by atoms with Gasteiger partial charge in [0.25, 0.3) is 0 Å². The number of hydrogen-bond acceptors (Lipinski definition) is 5. The van der Waals surface area contributed by atoms with Gasteiger partial charge in [-0.25, -0.2) is 0 Å². The van der Waals surface area contributed by atoms with E-state index < -0.39 is 11.9 Å². The number of nitrogens with one attached hydrogen (secondary N) is 2. The average Bonchev–Trinajstić information content (AvgIpc) is 2.68. The highest BCUT2D eigenvalue weighted by atomic mass is 16.4. The predicted molar refractivity (Wildman–Crippen MR) is 105 cm³/mol. The Balaban J connectivity index is 1.68. The number of aliphatic carboxylic acids is 1. The molecule has 4 N–H and O–H groups in total. The second-order valence-electron chi connectivity index (χ2n) is 6.40. The second kappa shape index (κ2) is 10.2. The monoisotopic (exact) mass is 367 g/mol. The van der Waals surface area contributed by atoms with Crippen molar-refractivity contribution in [1.29, 1.82) is 5.26 Å². The van der Waals surface area contributed by atoms with Crippen LogP contribution >= 0.6 is 0 Å². The van der Waals surface area contributed by atoms with Crippen molar-refractivity contribution in [1.82, 2.24) is 5.32 Å². The van der Waals surface area contributed by atoms with Crippen LogP contribution in [-0.4, -0.2) is 35.8 Å². The van der Waals surface area contributed by atoms with Gasteiger partial charge in [-0.05, 0) is 56.1 Å². The molecular formula is C21H25N3O3. The fourth-order valence-corrected chi connectivity index (χ4v) is 2.73. The Hall–Kier alpha value is -3.04. The largest absolute Gasteiger partial charge is 0.504 e. The lowest BCUT2D eigenvalue weighted by molar-refractivity contribution is -0.138. The lowest BCUT2D eigenvalue weighted by atomic mass is 9.98. The molecule has 0 heterocycles. The fraction of sp³-hybridized carbons (Fsp3) is 0.333. The molecule has 6 nitrogen and oxygen atoms in total. The van der Waals surface area contributed by atoms with Gasteiger partial charge >= 0.3 is 5.97 Å². The van der Waals surface area contributed by atoms with Gasteiger partial charge in [0.1, 0.15) is 6.07 Å². The lowest BCUT2D eigenvalue weighted by Gasteiger charge is -2.11. The normalized spacial score (nSPS) is 11.6. The van der Waals surface area contributed by atoms with Gasteiger partial charge in [0.2, 0.25) is 0 Å². The van der Waals surface area contributed by atoms with Crippen LogP contribution < -0.4 is 10.6 Å². The third-order valence-electron chi connectivity index (χ3n) is 4.41. The van der Waals surface area contributed by atoms with Crippen molar-refractivity contribution in [2.45, 2.75) is 25.7 Å². The number of para-hydroxylation sites is 1. The number of rotatable bonds is 10. The molecule has 0 aliphatic rings. The van der Waals surface area contributed by atoms with Crippen molar-refractivity contribution in [2.24, 2.45) is 0 Å². The zero-order valence-electron chi connectivity index (χ0n) is 15.4. The van der Waals surface area contributed by atoms with E-state index in [0.717, 1.165) is 37.1 Å². The summed E-state index contributed by atoms with van der Waals surface area (Å²) in [5.41, 5.74) is 2.77. The minimum Gasteiger partial charge on any atom is -0.504 e. The van der Waals surface area contributed by atoms with Crippen LogP contribution in [0.25, 0.3) is 0 Å². The predicted octanol–water partition coefficient (Wildman–Crippen LogP) is 3.09. The molecule has 1 unspecified atom stereocenters. The molecule has 6 heteroatoms. The molecule has 0 bridgehead atoms. The van der Waals surface area contributed by atoms with E-state index in [4.69, 9.17) is 10.4 Å². The van der Waals surface area contributed by atoms with Gasteiger partial charge < -0.3 is 20.8 Å². The van der Waals surface area contributed by atoms with Crippen molar-refractivity contribution in [3.05, 3.63) is 59.2 Å². The van der Waals surface area contributed by atoms with Gasteiger partial charge in [-0.15, -0.1) is 0 Å². The Morgan fingerprint density at radius 2 is 1.96 bits per heavy atom. The van der Waals surface area contributed by atoms with Crippen LogP contribution in [0.1, 0.15) is 36.0 Å². The van der Waals surface area contributed by atoms with E-state index >= 15 is 0 Å². The summed E-state index contributed by atoms with van der Waals surface area (Å²) in [6.07, 6.45) is 1.70. The SMILES string of the molecule is CC(C(=O)O)c1cccc(CCNCCCNc2cccc(C#N)c2O)c1. The first-order valence-electron chi connectivity index (χ1n) is 9.01. The van der Waals surface area contributed by atoms with Gasteiger partial charge in [-0.1, -0.05) is 30.3 Å². The highest BCUT2D eigenvalue weighted by Crippen LogP contribution is 2.26. The molecule has 0 aliphatic heterocycles. The maximum absolute atomic E-state index is 11.1. The molecule has 0 saturated heterocycles. The zero-order valence-corrected chi connectivity index (χ0v) is 15.4. The summed E-state index contributed by atoms with van der Waals surface area (Å²) in [6.45, 7) is 3.99. The number of hydrogen-bond donors (Lipinski definition) is 4. The number of aromatic hydroxyl groups is 1. The van der Waals surface area contributed by atoms with E-state index in [-0.39, 0.29) is 11.3 Å². The third-order valence-corrected chi connectivity index (χ3v) is 4.41. The molecule has 27 heavy (non-hydrogen) atoms. The Bertz CT molecular complexity index is 815. The smallest absolute Gasteiger partial charge is 0.310 e. The summed E-state index contributed by atoms with van der Waals surface area (Å²) in [7, 11) is 0. The quantitative estimate of drug-likeness (QED) is 0.380. The number of anilines is 1. The standard InChI is InChI=1S/C21H25N3O3/c1-15(21(26)27)17-6-2-5-16(13-17)9-12-23-10-4-11-24-19-8-3-7-18(14-22)20(19)25/h2-3,5-8,13,15,23-25H,4,9-12H2,1H3,(H,26,27). The Morgan fingerprint density at radius 3 is 2.70 bits per heavy atom. The molecule has 1 atom stereocenters. The van der Waals surface area contributed by atoms with Crippen LogP contribution in [0, 0.1) is 11.3 Å². The van der Waals surface area contributed by atoms with E-state index in [1.54, 1.807) is 25.1 Å². The van der Waals surface area contributed by atoms with Crippen molar-refractivity contribution in [3.63, 3.8) is 0 Å². The van der Waals surface area contributed by atoms with Crippen LogP contribution in [-0.2, 0) is 11.2 Å². The molecule has 2 aromatic carbocycles. The van der Waals surface area contributed by atoms with Crippen molar-refractivity contribution in [3.8, 4) is 11.8 Å². The van der Waals surface area contributed by atoms with Crippen LogP contribution in [0.15, 0.2) is 42.5 Å². The first-order valence-corrected chi connectivity index (χ1v) is 9.01. The highest BCUT2D eigenvalue weighted by Gasteiger charge is 2.13. The number of benzene rings is 2. The number of carboxylic acid groups (broad SMARTS) is 1. The molecule has 0 aromatic heterocycles. The van der Waals surface area contributed by atoms with E-state index in [0.29, 0.717) is 12.2 Å². The average molecular weight is 367 g/mol. The summed E-state index contributed by atoms with van der Waals surface area (Å²) < 4.78 is 0. The molecule has 0 fully saturated rings. The van der Waals surface area contributed by atoms with Crippen LogP contribution in [0.3, 0.4) is 0 Å². The number of carboxylic acids is 1. The van der Waals surface area contributed by atoms with Gasteiger partial charge in [0.15, 0.2) is 5.75 Å². The van der Waals surface area contributed by atoms with E-state index in [1.165, 1.54) is 0 Å². The van der Waals surface area contributed by atoms with Crippen LogP contribution in [0.2, 0.25) is 0 Å². The number of nitriles is 1. The summed E-state index contributed by atoms with van der Waals surface area (Å²) in [6, 6.07) is 14.7. The maximum Gasteiger partial charge on any atom is 0.310 e. The molecule has 2 rings (SSSR count). The summed E-state index contributed by atoms with van der Waals surface area (Å²) >= 11 is 0. The first-order chi connectivity index (χ1) is 13.0. The number of carbonyl (C=O) groups is 1. The van der Waals surface area contributed by atoms with E-state index in [2.05, 4.69) is 10.6 Å². The maximum atomic E-state index is 11.1. The van der Waals surface area contributed by atoms with Crippen molar-refractivity contribution >= 4 is 11.7 Å². The molecule has 142 valence electrons. The minimum atomic E-state index is -0.816. The van der Waals surface area contributed by atoms with Gasteiger partial charge in [0.05, 0.1) is 17.2 Å². The minimum absolute atomic E-state index is 0.0107. The van der Waals surface area contributed by atoms with Gasteiger partial charge in [0, 0.05) is 6.54 Å². The van der Waals surface area contributed by atoms with Gasteiger partial charge in [-0.2, -0.15) is 5.26 Å². The lowest BCUT2D eigenvalue weighted by Crippen LogP contribution is -2.20. The third kappa shape index (κ3) is 6.01. The molecule has 0 saturated carbocycles.